The van der Waals surface area contributed by atoms with E-state index in [0.29, 0.717) is 27.5 Å². The first-order valence-electron chi connectivity index (χ1n) is 10.6. The zero-order valence-corrected chi connectivity index (χ0v) is 19.8. The lowest BCUT2D eigenvalue weighted by Gasteiger charge is -2.19. The Morgan fingerprint density at radius 3 is 2.55 bits per heavy atom. The van der Waals surface area contributed by atoms with Gasteiger partial charge in [0.05, 0.1) is 34.6 Å². The van der Waals surface area contributed by atoms with Gasteiger partial charge in [-0.25, -0.2) is 4.98 Å². The van der Waals surface area contributed by atoms with Gasteiger partial charge < -0.3 is 10.1 Å². The summed E-state index contributed by atoms with van der Waals surface area (Å²) in [5.74, 6) is 0.374. The lowest BCUT2D eigenvalue weighted by atomic mass is 10.1. The average Bonchev–Trinajstić information content (AvgIpc) is 2.82. The molecule has 168 valence electrons. The summed E-state index contributed by atoms with van der Waals surface area (Å²) in [4.78, 5) is 31.3. The second-order valence-corrected chi connectivity index (χ2v) is 9.03. The Kier molecular flexibility index (Phi) is 6.51. The lowest BCUT2D eigenvalue weighted by Crippen LogP contribution is -2.26. The van der Waals surface area contributed by atoms with Gasteiger partial charge >= 0.3 is 0 Å². The minimum absolute atomic E-state index is 0.158. The molecule has 4 aromatic rings. The number of hydrogen-bond donors (Lipinski definition) is 1. The van der Waals surface area contributed by atoms with Gasteiger partial charge in [0, 0.05) is 0 Å². The number of nitrogens with zero attached hydrogens (tertiary/aromatic N) is 2. The van der Waals surface area contributed by atoms with E-state index in [1.165, 1.54) is 11.8 Å². The predicted octanol–water partition coefficient (Wildman–Crippen LogP) is 5.13. The number of benzene rings is 3. The molecule has 4 rings (SSSR count). The summed E-state index contributed by atoms with van der Waals surface area (Å²) in [5, 5.41) is 3.40. The Labute approximate surface area is 196 Å². The van der Waals surface area contributed by atoms with E-state index < -0.39 is 5.25 Å². The molecule has 1 N–H and O–H groups in total. The van der Waals surface area contributed by atoms with Gasteiger partial charge in [-0.15, -0.1) is 0 Å². The van der Waals surface area contributed by atoms with E-state index in [1.807, 2.05) is 62.4 Å². The number of fused-ring (bicyclic) bond motifs is 1. The molecule has 6 nitrogen and oxygen atoms in total. The number of ether oxygens (including phenoxy) is 1. The quantitative estimate of drug-likeness (QED) is 0.320. The van der Waals surface area contributed by atoms with Gasteiger partial charge in [-0.05, 0) is 62.2 Å². The monoisotopic (exact) mass is 459 g/mol. The van der Waals surface area contributed by atoms with E-state index in [4.69, 9.17) is 9.72 Å². The molecule has 0 unspecified atom stereocenters. The lowest BCUT2D eigenvalue weighted by molar-refractivity contribution is -0.115. The Hall–Kier alpha value is -3.58. The van der Waals surface area contributed by atoms with Crippen molar-refractivity contribution in [1.29, 1.82) is 0 Å². The highest BCUT2D eigenvalue weighted by Crippen LogP contribution is 2.29. The van der Waals surface area contributed by atoms with E-state index in [0.717, 1.165) is 16.8 Å². The number of rotatable bonds is 6. The number of carbonyl (C=O) groups excluding carboxylic acids is 1. The highest BCUT2D eigenvalue weighted by molar-refractivity contribution is 8.00. The third kappa shape index (κ3) is 4.50. The van der Waals surface area contributed by atoms with Crippen LogP contribution in [-0.4, -0.2) is 27.8 Å². The minimum Gasteiger partial charge on any atom is -0.495 e. The van der Waals surface area contributed by atoms with Crippen LogP contribution in [0.25, 0.3) is 16.6 Å². The second kappa shape index (κ2) is 9.50. The summed E-state index contributed by atoms with van der Waals surface area (Å²) >= 11 is 1.25. The van der Waals surface area contributed by atoms with Crippen molar-refractivity contribution in [3.05, 3.63) is 88.2 Å². The van der Waals surface area contributed by atoms with E-state index in [1.54, 1.807) is 36.8 Å². The van der Waals surface area contributed by atoms with Crippen molar-refractivity contribution in [1.82, 2.24) is 9.55 Å². The SMILES string of the molecule is COc1ccccc1NC(=O)[C@H](C)Sc1nc2ccccc2c(=O)n1-c1cccc(C)c1C. The first-order valence-corrected chi connectivity index (χ1v) is 11.5. The number of thioether (sulfide) groups is 1. The van der Waals surface area contributed by atoms with Crippen molar-refractivity contribution in [2.45, 2.75) is 31.2 Å². The minimum atomic E-state index is -0.515. The summed E-state index contributed by atoms with van der Waals surface area (Å²) in [7, 11) is 1.56. The van der Waals surface area contributed by atoms with Gasteiger partial charge in [0.2, 0.25) is 5.91 Å². The standard InChI is InChI=1S/C26H25N3O3S/c1-16-10-9-14-22(17(16)2)29-25(31)19-11-5-6-12-20(19)28-26(29)33-18(3)24(30)27-21-13-7-8-15-23(21)32-4/h5-15,18H,1-4H3,(H,27,30)/t18-/m0/s1. The molecular formula is C26H25N3O3S. The summed E-state index contributed by atoms with van der Waals surface area (Å²) in [5.41, 5.74) is 3.86. The molecule has 1 aromatic heterocycles. The molecule has 3 aromatic carbocycles. The Morgan fingerprint density at radius 2 is 1.76 bits per heavy atom. The molecule has 0 bridgehead atoms. The Balaban J connectivity index is 1.76. The highest BCUT2D eigenvalue weighted by atomic mass is 32.2. The van der Waals surface area contributed by atoms with Crippen LogP contribution >= 0.6 is 11.8 Å². The fraction of sp³-hybridized carbons (Fsp3) is 0.192. The van der Waals surface area contributed by atoms with Crippen LogP contribution in [0.4, 0.5) is 5.69 Å². The third-order valence-corrected chi connectivity index (χ3v) is 6.63. The molecule has 0 spiro atoms. The summed E-state index contributed by atoms with van der Waals surface area (Å²) in [6.07, 6.45) is 0. The van der Waals surface area contributed by atoms with Crippen molar-refractivity contribution in [2.75, 3.05) is 12.4 Å². The van der Waals surface area contributed by atoms with E-state index >= 15 is 0 Å². The highest BCUT2D eigenvalue weighted by Gasteiger charge is 2.22. The average molecular weight is 460 g/mol. The van der Waals surface area contributed by atoms with Crippen LogP contribution in [0.1, 0.15) is 18.1 Å². The first kappa shape index (κ1) is 22.6. The number of nitrogens with one attached hydrogen (secondary N) is 1. The molecule has 0 saturated carbocycles. The fourth-order valence-corrected chi connectivity index (χ4v) is 4.50. The maximum atomic E-state index is 13.5. The topological polar surface area (TPSA) is 73.2 Å². The third-order valence-electron chi connectivity index (χ3n) is 5.58. The summed E-state index contributed by atoms with van der Waals surface area (Å²) in [6.45, 7) is 5.79. The Morgan fingerprint density at radius 1 is 1.03 bits per heavy atom. The summed E-state index contributed by atoms with van der Waals surface area (Å²) in [6, 6.07) is 20.4. The smallest absolute Gasteiger partial charge is 0.266 e. The van der Waals surface area contributed by atoms with Crippen molar-refractivity contribution in [3.63, 3.8) is 0 Å². The van der Waals surface area contributed by atoms with Crippen LogP contribution in [0.15, 0.2) is 76.7 Å². The van der Waals surface area contributed by atoms with Gasteiger partial charge in [0.1, 0.15) is 5.75 Å². The van der Waals surface area contributed by atoms with Crippen molar-refractivity contribution < 1.29 is 9.53 Å². The Bertz CT molecular complexity index is 1400. The van der Waals surface area contributed by atoms with Crippen LogP contribution < -0.4 is 15.6 Å². The molecule has 1 atom stereocenters. The van der Waals surface area contributed by atoms with Crippen molar-refractivity contribution in [2.24, 2.45) is 0 Å². The number of aromatic nitrogens is 2. The second-order valence-electron chi connectivity index (χ2n) is 7.72. The number of amides is 1. The zero-order chi connectivity index (χ0) is 23.5. The normalized spacial score (nSPS) is 11.9. The van der Waals surface area contributed by atoms with E-state index in [9.17, 15) is 9.59 Å². The zero-order valence-electron chi connectivity index (χ0n) is 19.0. The van der Waals surface area contributed by atoms with Gasteiger partial charge in [0.25, 0.3) is 5.56 Å². The molecule has 1 heterocycles. The molecule has 0 saturated heterocycles. The van der Waals surface area contributed by atoms with Crippen LogP contribution in [0.3, 0.4) is 0 Å². The van der Waals surface area contributed by atoms with Gasteiger partial charge in [-0.2, -0.15) is 0 Å². The van der Waals surface area contributed by atoms with Crippen LogP contribution in [0, 0.1) is 13.8 Å². The number of hydrogen-bond acceptors (Lipinski definition) is 5. The predicted molar refractivity (Wildman–Crippen MR) is 134 cm³/mol. The van der Waals surface area contributed by atoms with E-state index in [-0.39, 0.29) is 11.5 Å². The maximum absolute atomic E-state index is 13.5. The maximum Gasteiger partial charge on any atom is 0.266 e. The number of anilines is 1. The molecule has 0 aliphatic carbocycles. The van der Waals surface area contributed by atoms with Crippen LogP contribution in [0.2, 0.25) is 0 Å². The molecule has 1 amide bonds. The molecule has 0 fully saturated rings. The largest absolute Gasteiger partial charge is 0.495 e. The van der Waals surface area contributed by atoms with Gasteiger partial charge in [-0.3, -0.25) is 14.2 Å². The van der Waals surface area contributed by atoms with Gasteiger partial charge in [-0.1, -0.05) is 48.2 Å². The summed E-state index contributed by atoms with van der Waals surface area (Å²) < 4.78 is 6.94. The van der Waals surface area contributed by atoms with Crippen molar-refractivity contribution in [3.8, 4) is 11.4 Å². The van der Waals surface area contributed by atoms with Gasteiger partial charge in [0.15, 0.2) is 5.16 Å². The first-order chi connectivity index (χ1) is 15.9. The molecule has 33 heavy (non-hydrogen) atoms. The molecule has 0 aliphatic rings. The molecular weight excluding hydrogens is 434 g/mol. The van der Waals surface area contributed by atoms with E-state index in [2.05, 4.69) is 5.32 Å². The van der Waals surface area contributed by atoms with Crippen LogP contribution in [-0.2, 0) is 4.79 Å². The van der Waals surface area contributed by atoms with Crippen LogP contribution in [0.5, 0.6) is 5.75 Å². The number of carbonyl (C=O) groups is 1. The molecule has 0 aliphatic heterocycles. The van der Waals surface area contributed by atoms with Crippen molar-refractivity contribution >= 4 is 34.3 Å². The number of aryl methyl sites for hydroxylation is 1. The number of methoxy groups -OCH3 is 1. The molecule has 0 radical (unpaired) electrons. The molecule has 7 heteroatoms. The fourth-order valence-electron chi connectivity index (χ4n) is 3.58. The number of para-hydroxylation sites is 3.